The van der Waals surface area contributed by atoms with Gasteiger partial charge in [-0.15, -0.1) is 0 Å². The molecule has 5 heteroatoms. The van der Waals surface area contributed by atoms with Crippen molar-refractivity contribution >= 4 is 5.97 Å². The number of hydrogen-bond acceptors (Lipinski definition) is 4. The molecule has 0 saturated carbocycles. The summed E-state index contributed by atoms with van der Waals surface area (Å²) in [7, 11) is 0. The van der Waals surface area contributed by atoms with Crippen molar-refractivity contribution in [1.82, 2.24) is 0 Å². The van der Waals surface area contributed by atoms with Gasteiger partial charge in [0.25, 0.3) is 0 Å². The van der Waals surface area contributed by atoms with Crippen molar-refractivity contribution in [2.45, 2.75) is 20.0 Å². The van der Waals surface area contributed by atoms with E-state index in [-0.39, 0.29) is 18.5 Å². The Kier molecular flexibility index (Phi) is 5.97. The van der Waals surface area contributed by atoms with Crippen molar-refractivity contribution in [2.75, 3.05) is 13.2 Å². The van der Waals surface area contributed by atoms with Crippen LogP contribution >= 0.6 is 0 Å². The molecule has 4 nitrogen and oxygen atoms in total. The van der Waals surface area contributed by atoms with E-state index < -0.39 is 11.8 Å². The Labute approximate surface area is 134 Å². The molecule has 1 unspecified atom stereocenters. The molecule has 0 bridgehead atoms. The van der Waals surface area contributed by atoms with Crippen LogP contribution in [-0.4, -0.2) is 25.3 Å². The van der Waals surface area contributed by atoms with Crippen molar-refractivity contribution in [1.29, 1.82) is 0 Å². The molecule has 2 rings (SSSR count). The average molecular weight is 318 g/mol. The Balaban J connectivity index is 1.99. The predicted molar refractivity (Wildman–Crippen MR) is 84.4 cm³/mol. The number of carbonyl (C=O) groups excluding carboxylic acids is 1. The number of hydrogen-bond donors (Lipinski definition) is 0. The van der Waals surface area contributed by atoms with E-state index in [0.717, 1.165) is 0 Å². The minimum absolute atomic E-state index is 0.151. The van der Waals surface area contributed by atoms with Gasteiger partial charge in [-0.25, -0.2) is 9.18 Å². The molecule has 2 aromatic carbocycles. The van der Waals surface area contributed by atoms with Crippen LogP contribution in [0.2, 0.25) is 0 Å². The molecule has 0 fully saturated rings. The highest BCUT2D eigenvalue weighted by atomic mass is 19.1. The molecule has 0 amide bonds. The van der Waals surface area contributed by atoms with Crippen molar-refractivity contribution in [3.05, 3.63) is 59.9 Å². The van der Waals surface area contributed by atoms with Crippen LogP contribution in [0.1, 0.15) is 24.2 Å². The van der Waals surface area contributed by atoms with E-state index in [1.807, 2.05) is 0 Å². The molecule has 0 N–H and O–H groups in total. The fraction of sp³-hybridized carbons (Fsp3) is 0.278. The number of rotatable bonds is 7. The van der Waals surface area contributed by atoms with Gasteiger partial charge in [0.1, 0.15) is 24.0 Å². The second-order valence-corrected chi connectivity index (χ2v) is 4.89. The van der Waals surface area contributed by atoms with Gasteiger partial charge in [0.15, 0.2) is 11.6 Å². The number of halogens is 1. The highest BCUT2D eigenvalue weighted by Gasteiger charge is 2.15. The summed E-state index contributed by atoms with van der Waals surface area (Å²) < 4.78 is 29.6. The van der Waals surface area contributed by atoms with Crippen molar-refractivity contribution in [2.24, 2.45) is 0 Å². The Bertz CT molecular complexity index is 657. The molecule has 0 radical (unpaired) electrons. The van der Waals surface area contributed by atoms with Gasteiger partial charge in [-0.1, -0.05) is 24.3 Å². The minimum atomic E-state index is -0.440. The second kappa shape index (κ2) is 8.17. The molecule has 0 aliphatic rings. The molecule has 0 saturated heterocycles. The maximum atomic E-state index is 13.5. The third kappa shape index (κ3) is 4.71. The van der Waals surface area contributed by atoms with Gasteiger partial charge in [0, 0.05) is 0 Å². The number of esters is 1. The van der Waals surface area contributed by atoms with E-state index in [9.17, 15) is 9.18 Å². The molecular formula is C18H19FO4. The smallest absolute Gasteiger partial charge is 0.341 e. The normalized spacial score (nSPS) is 11.6. The zero-order valence-electron chi connectivity index (χ0n) is 13.1. The molecule has 0 aromatic heterocycles. The van der Waals surface area contributed by atoms with Crippen LogP contribution in [0.5, 0.6) is 11.5 Å². The van der Waals surface area contributed by atoms with Crippen LogP contribution in [-0.2, 0) is 4.74 Å². The van der Waals surface area contributed by atoms with Crippen molar-refractivity contribution in [3.63, 3.8) is 0 Å². The lowest BCUT2D eigenvalue weighted by Crippen LogP contribution is -2.22. The number of carbonyl (C=O) groups is 1. The fourth-order valence-electron chi connectivity index (χ4n) is 1.97. The molecule has 23 heavy (non-hydrogen) atoms. The van der Waals surface area contributed by atoms with Crippen LogP contribution in [0.15, 0.2) is 48.5 Å². The summed E-state index contributed by atoms with van der Waals surface area (Å²) in [6, 6.07) is 13.0. The maximum absolute atomic E-state index is 13.5. The highest BCUT2D eigenvalue weighted by molar-refractivity contribution is 5.92. The summed E-state index contributed by atoms with van der Waals surface area (Å²) in [5, 5.41) is 0. The average Bonchev–Trinajstić information content (AvgIpc) is 2.55. The fourth-order valence-corrected chi connectivity index (χ4v) is 1.97. The number of benzene rings is 2. The monoisotopic (exact) mass is 318 g/mol. The summed E-state index contributed by atoms with van der Waals surface area (Å²) in [5.41, 5.74) is 0.354. The van der Waals surface area contributed by atoms with Crippen molar-refractivity contribution in [3.8, 4) is 11.5 Å². The van der Waals surface area contributed by atoms with Crippen molar-refractivity contribution < 1.29 is 23.4 Å². The van der Waals surface area contributed by atoms with E-state index in [1.54, 1.807) is 56.3 Å². The van der Waals surface area contributed by atoms with Gasteiger partial charge in [-0.05, 0) is 38.1 Å². The summed E-state index contributed by atoms with van der Waals surface area (Å²) in [6.07, 6.45) is -0.370. The maximum Gasteiger partial charge on any atom is 0.341 e. The molecule has 0 heterocycles. The summed E-state index contributed by atoms with van der Waals surface area (Å²) in [5.74, 6) is -0.283. The van der Waals surface area contributed by atoms with Gasteiger partial charge in [0.2, 0.25) is 0 Å². The molecule has 2 aromatic rings. The Morgan fingerprint density at radius 3 is 2.43 bits per heavy atom. The third-order valence-electron chi connectivity index (χ3n) is 3.02. The summed E-state index contributed by atoms with van der Waals surface area (Å²) in [6.45, 7) is 3.96. The van der Waals surface area contributed by atoms with Crippen LogP contribution in [0.3, 0.4) is 0 Å². The number of ether oxygens (including phenoxy) is 3. The molecule has 0 spiro atoms. The molecule has 1 atom stereocenters. The second-order valence-electron chi connectivity index (χ2n) is 4.89. The van der Waals surface area contributed by atoms with E-state index in [4.69, 9.17) is 14.2 Å². The predicted octanol–water partition coefficient (Wildman–Crippen LogP) is 3.85. The van der Waals surface area contributed by atoms with E-state index in [1.165, 1.54) is 6.07 Å². The molecule has 122 valence electrons. The first-order chi connectivity index (χ1) is 11.1. The summed E-state index contributed by atoms with van der Waals surface area (Å²) in [4.78, 5) is 11.9. The van der Waals surface area contributed by atoms with Gasteiger partial charge >= 0.3 is 5.97 Å². The Morgan fingerprint density at radius 1 is 1.09 bits per heavy atom. The quantitative estimate of drug-likeness (QED) is 0.727. The third-order valence-corrected chi connectivity index (χ3v) is 3.02. The highest BCUT2D eigenvalue weighted by Crippen LogP contribution is 2.21. The first-order valence-electron chi connectivity index (χ1n) is 7.42. The minimum Gasteiger partial charge on any atom is -0.487 e. The van der Waals surface area contributed by atoms with Gasteiger partial charge in [-0.3, -0.25) is 0 Å². The van der Waals surface area contributed by atoms with E-state index >= 15 is 0 Å². The lowest BCUT2D eigenvalue weighted by atomic mass is 10.2. The zero-order valence-corrected chi connectivity index (χ0v) is 13.1. The zero-order chi connectivity index (χ0) is 16.7. The van der Waals surface area contributed by atoms with Crippen LogP contribution < -0.4 is 9.47 Å². The van der Waals surface area contributed by atoms with Gasteiger partial charge < -0.3 is 14.2 Å². The van der Waals surface area contributed by atoms with Crippen LogP contribution in [0, 0.1) is 5.82 Å². The molecular weight excluding hydrogens is 299 g/mol. The van der Waals surface area contributed by atoms with E-state index in [2.05, 4.69) is 0 Å². The lowest BCUT2D eigenvalue weighted by molar-refractivity contribution is 0.0516. The topological polar surface area (TPSA) is 44.8 Å². The molecule has 0 aliphatic carbocycles. The van der Waals surface area contributed by atoms with Gasteiger partial charge in [-0.2, -0.15) is 0 Å². The standard InChI is InChI=1S/C18H19FO4/c1-3-21-18(20)14-8-4-6-10-16(14)23-13(2)12-22-17-11-7-5-9-15(17)19/h4-11,13H,3,12H2,1-2H3. The lowest BCUT2D eigenvalue weighted by Gasteiger charge is -2.17. The Hall–Kier alpha value is -2.56. The Morgan fingerprint density at radius 2 is 1.74 bits per heavy atom. The first-order valence-corrected chi connectivity index (χ1v) is 7.42. The first kappa shape index (κ1) is 16.8. The SMILES string of the molecule is CCOC(=O)c1ccccc1OC(C)COc1ccccc1F. The van der Waals surface area contributed by atoms with Crippen LogP contribution in [0.25, 0.3) is 0 Å². The van der Waals surface area contributed by atoms with Crippen LogP contribution in [0.4, 0.5) is 4.39 Å². The summed E-state index contributed by atoms with van der Waals surface area (Å²) >= 11 is 0. The largest absolute Gasteiger partial charge is 0.487 e. The molecule has 0 aliphatic heterocycles. The number of para-hydroxylation sites is 2. The van der Waals surface area contributed by atoms with E-state index in [0.29, 0.717) is 17.9 Å². The van der Waals surface area contributed by atoms with Gasteiger partial charge in [0.05, 0.1) is 6.61 Å².